The van der Waals surface area contributed by atoms with Gasteiger partial charge >= 0.3 is 0 Å². The lowest BCUT2D eigenvalue weighted by atomic mass is 10.1. The third-order valence-corrected chi connectivity index (χ3v) is 3.37. The summed E-state index contributed by atoms with van der Waals surface area (Å²) in [6.07, 6.45) is 1.70. The number of aromatic amines is 1. The summed E-state index contributed by atoms with van der Waals surface area (Å²) in [7, 11) is 0. The number of nitrogens with one attached hydrogen (secondary N) is 2. The molecule has 7 nitrogen and oxygen atoms in total. The number of amides is 2. The van der Waals surface area contributed by atoms with Crippen molar-refractivity contribution < 1.29 is 9.59 Å². The largest absolute Gasteiger partial charge is 0.346 e. The quantitative estimate of drug-likeness (QED) is 0.820. The number of H-pyrrole nitrogens is 1. The Bertz CT molecular complexity index is 471. The third kappa shape index (κ3) is 3.34. The van der Waals surface area contributed by atoms with E-state index in [1.54, 1.807) is 4.90 Å². The van der Waals surface area contributed by atoms with Crippen molar-refractivity contribution in [3.8, 4) is 0 Å². The van der Waals surface area contributed by atoms with Crippen LogP contribution in [-0.4, -0.2) is 45.0 Å². The number of hydrogen-bond donors (Lipinski definition) is 2. The molecule has 1 aromatic rings. The van der Waals surface area contributed by atoms with Gasteiger partial charge in [0.2, 0.25) is 11.8 Å². The molecule has 0 spiro atoms. The predicted molar refractivity (Wildman–Crippen MR) is 72.5 cm³/mol. The van der Waals surface area contributed by atoms with Gasteiger partial charge in [-0.25, -0.2) is 4.98 Å². The van der Waals surface area contributed by atoms with Crippen LogP contribution in [0.15, 0.2) is 6.33 Å². The molecule has 2 unspecified atom stereocenters. The van der Waals surface area contributed by atoms with Gasteiger partial charge in [0, 0.05) is 19.5 Å². The molecule has 20 heavy (non-hydrogen) atoms. The molecule has 2 N–H and O–H groups in total. The Hall–Kier alpha value is -1.92. The van der Waals surface area contributed by atoms with Crippen LogP contribution in [0.4, 0.5) is 0 Å². The van der Waals surface area contributed by atoms with Gasteiger partial charge in [-0.3, -0.25) is 14.7 Å². The van der Waals surface area contributed by atoms with Crippen LogP contribution in [0, 0.1) is 11.8 Å². The minimum absolute atomic E-state index is 0.0613. The lowest BCUT2D eigenvalue weighted by Gasteiger charge is -2.19. The standard InChI is InChI=1S/C13H21N5O2/c1-8(2)5-18-6-10(4-11(18)19)13(20)16-9(3)12-14-7-15-17-12/h7-10H,4-6H2,1-3H3,(H,16,20)(H,14,15,17). The highest BCUT2D eigenvalue weighted by Gasteiger charge is 2.34. The number of aromatic nitrogens is 3. The Kier molecular flexibility index (Phi) is 4.36. The van der Waals surface area contributed by atoms with Crippen molar-refractivity contribution in [3.05, 3.63) is 12.2 Å². The molecule has 1 fully saturated rings. The molecule has 0 radical (unpaired) electrons. The van der Waals surface area contributed by atoms with E-state index in [-0.39, 0.29) is 23.8 Å². The number of carbonyl (C=O) groups is 2. The normalized spacial score (nSPS) is 20.5. The Morgan fingerprint density at radius 3 is 2.90 bits per heavy atom. The molecule has 0 aliphatic carbocycles. The molecular formula is C13H21N5O2. The van der Waals surface area contributed by atoms with E-state index in [1.165, 1.54) is 6.33 Å². The topological polar surface area (TPSA) is 91.0 Å². The zero-order chi connectivity index (χ0) is 14.7. The minimum Gasteiger partial charge on any atom is -0.346 e. The van der Waals surface area contributed by atoms with E-state index in [2.05, 4.69) is 34.3 Å². The summed E-state index contributed by atoms with van der Waals surface area (Å²) in [6.45, 7) is 7.17. The fourth-order valence-corrected chi connectivity index (χ4v) is 2.39. The zero-order valence-electron chi connectivity index (χ0n) is 12.1. The van der Waals surface area contributed by atoms with Crippen molar-refractivity contribution in [2.75, 3.05) is 13.1 Å². The molecule has 2 amide bonds. The fourth-order valence-electron chi connectivity index (χ4n) is 2.39. The molecule has 2 rings (SSSR count). The van der Waals surface area contributed by atoms with Gasteiger partial charge in [0.05, 0.1) is 12.0 Å². The molecule has 7 heteroatoms. The molecule has 2 atom stereocenters. The van der Waals surface area contributed by atoms with E-state index in [9.17, 15) is 9.59 Å². The van der Waals surface area contributed by atoms with E-state index in [1.807, 2.05) is 6.92 Å². The Morgan fingerprint density at radius 1 is 1.55 bits per heavy atom. The fraction of sp³-hybridized carbons (Fsp3) is 0.692. The number of likely N-dealkylation sites (tertiary alicyclic amines) is 1. The van der Waals surface area contributed by atoms with Gasteiger partial charge in [-0.2, -0.15) is 5.10 Å². The first kappa shape index (κ1) is 14.5. The first-order chi connectivity index (χ1) is 9.47. The van der Waals surface area contributed by atoms with Crippen LogP contribution in [0.3, 0.4) is 0 Å². The van der Waals surface area contributed by atoms with E-state index < -0.39 is 0 Å². The van der Waals surface area contributed by atoms with Crippen LogP contribution >= 0.6 is 0 Å². The van der Waals surface area contributed by atoms with E-state index >= 15 is 0 Å². The van der Waals surface area contributed by atoms with Crippen LogP contribution in [0.2, 0.25) is 0 Å². The SMILES string of the molecule is CC(C)CN1CC(C(=O)NC(C)c2ncn[nH]2)CC1=O. The molecule has 1 aliphatic heterocycles. The molecule has 1 aromatic heterocycles. The second-order valence-corrected chi connectivity index (χ2v) is 5.69. The highest BCUT2D eigenvalue weighted by Crippen LogP contribution is 2.20. The predicted octanol–water partition coefficient (Wildman–Crippen LogP) is 0.486. The van der Waals surface area contributed by atoms with Gasteiger partial charge in [-0.15, -0.1) is 0 Å². The first-order valence-electron chi connectivity index (χ1n) is 6.90. The third-order valence-electron chi connectivity index (χ3n) is 3.37. The maximum atomic E-state index is 12.2. The van der Waals surface area contributed by atoms with Gasteiger partial charge in [0.15, 0.2) is 0 Å². The van der Waals surface area contributed by atoms with Gasteiger partial charge in [-0.1, -0.05) is 13.8 Å². The van der Waals surface area contributed by atoms with Crippen LogP contribution in [-0.2, 0) is 9.59 Å². The molecular weight excluding hydrogens is 258 g/mol. The Morgan fingerprint density at radius 2 is 2.30 bits per heavy atom. The van der Waals surface area contributed by atoms with E-state index in [4.69, 9.17) is 0 Å². The molecule has 1 aliphatic rings. The average molecular weight is 279 g/mol. The van der Waals surface area contributed by atoms with Crippen molar-refractivity contribution in [2.24, 2.45) is 11.8 Å². The first-order valence-corrected chi connectivity index (χ1v) is 6.90. The van der Waals surface area contributed by atoms with Crippen molar-refractivity contribution in [3.63, 3.8) is 0 Å². The molecule has 110 valence electrons. The number of hydrogen-bond acceptors (Lipinski definition) is 4. The number of rotatable bonds is 5. The van der Waals surface area contributed by atoms with Crippen LogP contribution < -0.4 is 5.32 Å². The molecule has 0 saturated carbocycles. The highest BCUT2D eigenvalue weighted by atomic mass is 16.2. The number of carbonyl (C=O) groups excluding carboxylic acids is 2. The Labute approximate surface area is 118 Å². The van der Waals surface area contributed by atoms with E-state index in [0.29, 0.717) is 31.3 Å². The molecule has 0 aromatic carbocycles. The summed E-state index contributed by atoms with van der Waals surface area (Å²) in [5, 5.41) is 9.35. The maximum Gasteiger partial charge on any atom is 0.226 e. The zero-order valence-corrected chi connectivity index (χ0v) is 12.1. The van der Waals surface area contributed by atoms with Gasteiger partial charge in [0.25, 0.3) is 0 Å². The smallest absolute Gasteiger partial charge is 0.226 e. The van der Waals surface area contributed by atoms with Crippen LogP contribution in [0.1, 0.15) is 39.1 Å². The summed E-state index contributed by atoms with van der Waals surface area (Å²) in [4.78, 5) is 29.8. The van der Waals surface area contributed by atoms with Crippen LogP contribution in [0.25, 0.3) is 0 Å². The summed E-state index contributed by atoms with van der Waals surface area (Å²) >= 11 is 0. The van der Waals surface area contributed by atoms with Crippen molar-refractivity contribution in [1.29, 1.82) is 0 Å². The second kappa shape index (κ2) is 6.02. The molecule has 0 bridgehead atoms. The summed E-state index contributed by atoms with van der Waals surface area (Å²) in [6, 6.07) is -0.237. The maximum absolute atomic E-state index is 12.2. The summed E-state index contributed by atoms with van der Waals surface area (Å²) in [5.74, 6) is 0.710. The number of nitrogens with zero attached hydrogens (tertiary/aromatic N) is 3. The van der Waals surface area contributed by atoms with Gasteiger partial charge in [-0.05, 0) is 12.8 Å². The molecule has 1 saturated heterocycles. The van der Waals surface area contributed by atoms with Crippen molar-refractivity contribution >= 4 is 11.8 Å². The second-order valence-electron chi connectivity index (χ2n) is 5.69. The van der Waals surface area contributed by atoms with Crippen molar-refractivity contribution in [1.82, 2.24) is 25.4 Å². The van der Waals surface area contributed by atoms with Crippen molar-refractivity contribution in [2.45, 2.75) is 33.2 Å². The highest BCUT2D eigenvalue weighted by molar-refractivity contribution is 5.89. The van der Waals surface area contributed by atoms with Gasteiger partial charge < -0.3 is 10.2 Å². The minimum atomic E-state index is -0.272. The van der Waals surface area contributed by atoms with Gasteiger partial charge in [0.1, 0.15) is 12.2 Å². The molecule has 2 heterocycles. The Balaban J connectivity index is 1.89. The average Bonchev–Trinajstić information content (AvgIpc) is 2.99. The summed E-state index contributed by atoms with van der Waals surface area (Å²) in [5.41, 5.74) is 0. The van der Waals surface area contributed by atoms with E-state index in [0.717, 1.165) is 0 Å². The monoisotopic (exact) mass is 279 g/mol. The lowest BCUT2D eigenvalue weighted by Crippen LogP contribution is -2.35. The lowest BCUT2D eigenvalue weighted by molar-refractivity contribution is -0.129. The van der Waals surface area contributed by atoms with Crippen LogP contribution in [0.5, 0.6) is 0 Å². The summed E-state index contributed by atoms with van der Waals surface area (Å²) < 4.78 is 0.